The first-order chi connectivity index (χ1) is 18.2. The summed E-state index contributed by atoms with van der Waals surface area (Å²) in [6, 6.07) is 9.69. The van der Waals surface area contributed by atoms with E-state index in [1.807, 2.05) is 37.4 Å². The Kier molecular flexibility index (Phi) is 38.0. The van der Waals surface area contributed by atoms with Crippen molar-refractivity contribution in [3.8, 4) is 0 Å². The van der Waals surface area contributed by atoms with E-state index in [1.165, 1.54) is 50.6 Å². The van der Waals surface area contributed by atoms with Crippen LogP contribution < -0.4 is 28.0 Å². The molecule has 38 heavy (non-hydrogen) atoms. The summed E-state index contributed by atoms with van der Waals surface area (Å²) in [7, 11) is 13.2. The molecule has 0 bridgehead atoms. The molecule has 1 aliphatic rings. The summed E-state index contributed by atoms with van der Waals surface area (Å²) in [4.78, 5) is 27.2. The van der Waals surface area contributed by atoms with Crippen molar-refractivity contribution in [3.05, 3.63) is 35.9 Å². The fraction of sp³-hybridized carbons (Fsp3) is 0.500. The molecule has 0 aromatic heterocycles. The number of nitrogens with one attached hydrogen (secondary N) is 3. The van der Waals surface area contributed by atoms with E-state index in [0.717, 1.165) is 18.5 Å². The number of hydrogen-bond acceptors (Lipinski definition) is 8. The molecular formula is C24H50N12O2. The maximum absolute atomic E-state index is 6.90. The molecule has 0 spiro atoms. The summed E-state index contributed by atoms with van der Waals surface area (Å²) in [5.41, 5.74) is 18.4. The van der Waals surface area contributed by atoms with Crippen molar-refractivity contribution in [3.63, 3.8) is 0 Å². The van der Waals surface area contributed by atoms with E-state index < -0.39 is 0 Å². The molecule has 14 nitrogen and oxygen atoms in total. The highest BCUT2D eigenvalue weighted by molar-refractivity contribution is 5.97. The van der Waals surface area contributed by atoms with Crippen molar-refractivity contribution in [1.82, 2.24) is 15.9 Å². The summed E-state index contributed by atoms with van der Waals surface area (Å²) in [5, 5.41) is 11.4. The van der Waals surface area contributed by atoms with Gasteiger partial charge in [-0.05, 0) is 13.3 Å². The number of hydrogen-bond donors (Lipinski definition) is 6. The fourth-order valence-electron chi connectivity index (χ4n) is 1.75. The van der Waals surface area contributed by atoms with Crippen LogP contribution in [0.4, 0.5) is 0 Å². The topological polar surface area (TPSA) is 209 Å². The summed E-state index contributed by atoms with van der Waals surface area (Å²) < 4.78 is 0. The highest BCUT2D eigenvalue weighted by atomic mass is 16.7. The Morgan fingerprint density at radius 2 is 1.55 bits per heavy atom. The number of nitrogens with two attached hydrogens (primary N) is 3. The zero-order valence-corrected chi connectivity index (χ0v) is 24.5. The van der Waals surface area contributed by atoms with Crippen molar-refractivity contribution in [1.29, 1.82) is 5.41 Å². The van der Waals surface area contributed by atoms with Crippen LogP contribution in [0.2, 0.25) is 0 Å². The smallest absolute Gasteiger partial charge is 0.125 e. The number of aliphatic imine (C=N–C) groups is 5. The predicted octanol–water partition coefficient (Wildman–Crippen LogP) is 0.898. The van der Waals surface area contributed by atoms with Crippen molar-refractivity contribution in [2.45, 2.75) is 19.8 Å². The van der Waals surface area contributed by atoms with Crippen molar-refractivity contribution < 1.29 is 9.68 Å². The molecule has 0 atom stereocenters. The van der Waals surface area contributed by atoms with E-state index in [-0.39, 0.29) is 0 Å². The lowest BCUT2D eigenvalue weighted by Crippen LogP contribution is -2.21. The van der Waals surface area contributed by atoms with Gasteiger partial charge in [-0.2, -0.15) is 0 Å². The van der Waals surface area contributed by atoms with Gasteiger partial charge in [-0.25, -0.2) is 5.06 Å². The van der Waals surface area contributed by atoms with Crippen LogP contribution in [-0.2, 0) is 9.68 Å². The molecule has 0 saturated carbocycles. The molecule has 1 fully saturated rings. The normalized spacial score (nSPS) is 12.8. The molecule has 1 saturated heterocycles. The first kappa shape index (κ1) is 41.1. The van der Waals surface area contributed by atoms with Crippen molar-refractivity contribution in [2.75, 3.05) is 63.1 Å². The molecule has 0 aliphatic carbocycles. The molecule has 1 aliphatic heterocycles. The van der Waals surface area contributed by atoms with E-state index >= 15 is 0 Å². The Bertz CT molecular complexity index is 756. The SMILES string of the molecule is CN=C(N)c1ccccc1.CN=C1CCCN1.CN=CN.CN=CN.CN=CNOC.CON(C)C(C)=N. The van der Waals surface area contributed by atoms with Crippen molar-refractivity contribution >= 4 is 36.5 Å². The van der Waals surface area contributed by atoms with Gasteiger partial charge in [-0.3, -0.25) is 45.5 Å². The van der Waals surface area contributed by atoms with Crippen LogP contribution >= 0.6 is 0 Å². The predicted molar refractivity (Wildman–Crippen MR) is 164 cm³/mol. The lowest BCUT2D eigenvalue weighted by Gasteiger charge is -2.11. The molecule has 0 amide bonds. The van der Waals surface area contributed by atoms with Crippen molar-refractivity contribution in [2.24, 2.45) is 42.2 Å². The molecule has 1 aromatic carbocycles. The second-order valence-corrected chi connectivity index (χ2v) is 6.46. The lowest BCUT2D eigenvalue weighted by molar-refractivity contribution is -0.0430. The largest absolute Gasteiger partial charge is 0.390 e. The second-order valence-electron chi connectivity index (χ2n) is 6.46. The van der Waals surface area contributed by atoms with Crippen LogP contribution in [0.15, 0.2) is 55.3 Å². The average molecular weight is 539 g/mol. The third kappa shape index (κ3) is 34.1. The van der Waals surface area contributed by atoms with Crippen LogP contribution in [0.1, 0.15) is 25.3 Å². The zero-order valence-electron chi connectivity index (χ0n) is 24.5. The average Bonchev–Trinajstić information content (AvgIpc) is 3.51. The van der Waals surface area contributed by atoms with Gasteiger partial charge in [-0.15, -0.1) is 0 Å². The molecule has 218 valence electrons. The molecule has 9 N–H and O–H groups in total. The van der Waals surface area contributed by atoms with Crippen LogP contribution in [0, 0.1) is 5.41 Å². The van der Waals surface area contributed by atoms with Gasteiger partial charge in [0.05, 0.1) is 32.7 Å². The number of benzene rings is 1. The quantitative estimate of drug-likeness (QED) is 0.184. The van der Waals surface area contributed by atoms with Gasteiger partial charge in [0.2, 0.25) is 0 Å². The zero-order chi connectivity index (χ0) is 30.0. The Balaban J connectivity index is -0.000000189. The van der Waals surface area contributed by atoms with Gasteiger partial charge in [0.25, 0.3) is 0 Å². The summed E-state index contributed by atoms with van der Waals surface area (Å²) >= 11 is 0. The van der Waals surface area contributed by atoms with Crippen LogP contribution in [-0.4, -0.2) is 105 Å². The van der Waals surface area contributed by atoms with E-state index in [2.05, 4.69) is 45.4 Å². The summed E-state index contributed by atoms with van der Waals surface area (Å²) in [6.07, 6.45) is 6.36. The molecule has 14 heteroatoms. The van der Waals surface area contributed by atoms with Gasteiger partial charge < -0.3 is 22.5 Å². The second kappa shape index (κ2) is 35.1. The van der Waals surface area contributed by atoms with E-state index in [0.29, 0.717) is 11.7 Å². The van der Waals surface area contributed by atoms with Crippen LogP contribution in [0.5, 0.6) is 0 Å². The van der Waals surface area contributed by atoms with Crippen LogP contribution in [0.25, 0.3) is 0 Å². The fourth-order valence-corrected chi connectivity index (χ4v) is 1.75. The number of rotatable bonds is 4. The van der Waals surface area contributed by atoms with Gasteiger partial charge >= 0.3 is 0 Å². The first-order valence-corrected chi connectivity index (χ1v) is 11.4. The number of nitrogens with zero attached hydrogens (tertiary/aromatic N) is 6. The van der Waals surface area contributed by atoms with Gasteiger partial charge in [-0.1, -0.05) is 30.3 Å². The summed E-state index contributed by atoms with van der Waals surface area (Å²) in [5.74, 6) is 2.16. The maximum Gasteiger partial charge on any atom is 0.125 e. The van der Waals surface area contributed by atoms with E-state index in [9.17, 15) is 0 Å². The Labute approximate surface area is 228 Å². The standard InChI is InChI=1S/C8H10N2.C5H10N2.C4H10N2O.C3H8N2O.2C2H6N2/c1-10-8(9)7-5-3-2-4-6-7;1-6-5-3-2-4-7-5;1-4(5)6(2)7-3;1-4-3-5-6-2;2*1-4-2-3/h2-6H,1H3,(H2,9,10);2-4H2,1H3,(H,6,7);5H,1-3H3;3H,1-2H3,(H,4,5);2*2H,1H3,(H2,3,4). The van der Waals surface area contributed by atoms with E-state index in [4.69, 9.17) is 22.6 Å². The van der Waals surface area contributed by atoms with Gasteiger partial charge in [0.15, 0.2) is 0 Å². The lowest BCUT2D eigenvalue weighted by atomic mass is 10.2. The summed E-state index contributed by atoms with van der Waals surface area (Å²) in [6.45, 7) is 2.77. The maximum atomic E-state index is 6.90. The minimum atomic E-state index is 0.405. The monoisotopic (exact) mass is 538 g/mol. The van der Waals surface area contributed by atoms with E-state index in [1.54, 1.807) is 42.2 Å². The Morgan fingerprint density at radius 1 is 1.03 bits per heavy atom. The molecule has 1 aromatic rings. The number of hydroxylamine groups is 3. The highest BCUT2D eigenvalue weighted by Crippen LogP contribution is 1.96. The minimum absolute atomic E-state index is 0.405. The molecule has 1 heterocycles. The molecule has 0 unspecified atom stereocenters. The molecule has 2 rings (SSSR count). The number of amidine groups is 3. The van der Waals surface area contributed by atoms with Crippen LogP contribution in [0.3, 0.4) is 0 Å². The van der Waals surface area contributed by atoms with Gasteiger partial charge in [0, 0.05) is 60.8 Å². The Hall–Kier alpha value is -4.04. The highest BCUT2D eigenvalue weighted by Gasteiger charge is 2.03. The third-order valence-electron chi connectivity index (χ3n) is 3.84. The Morgan fingerprint density at radius 3 is 1.76 bits per heavy atom. The third-order valence-corrected chi connectivity index (χ3v) is 3.84. The van der Waals surface area contributed by atoms with Gasteiger partial charge in [0.1, 0.15) is 18.0 Å². The first-order valence-electron chi connectivity index (χ1n) is 11.4. The molecular weight excluding hydrogens is 488 g/mol. The minimum Gasteiger partial charge on any atom is -0.390 e. The molecule has 0 radical (unpaired) electrons.